The van der Waals surface area contributed by atoms with Gasteiger partial charge in [-0.1, -0.05) is 0 Å². The van der Waals surface area contributed by atoms with Crippen molar-refractivity contribution in [1.29, 1.82) is 0 Å². The van der Waals surface area contributed by atoms with Crippen molar-refractivity contribution in [3.8, 4) is 11.5 Å². The van der Waals surface area contributed by atoms with Gasteiger partial charge in [0.15, 0.2) is 0 Å². The van der Waals surface area contributed by atoms with Crippen LogP contribution < -0.4 is 4.74 Å². The minimum absolute atomic E-state index is 0.0767. The first-order valence-electron chi connectivity index (χ1n) is 6.41. The van der Waals surface area contributed by atoms with Crippen LogP contribution >= 0.6 is 0 Å². The number of aryl methyl sites for hydroxylation is 3. The molecule has 0 saturated heterocycles. The third-order valence-corrected chi connectivity index (χ3v) is 3.25. The van der Waals surface area contributed by atoms with Crippen molar-refractivity contribution in [2.45, 2.75) is 20.8 Å². The van der Waals surface area contributed by atoms with Gasteiger partial charge in [-0.3, -0.25) is 14.9 Å². The smallest absolute Gasteiger partial charge is 0.272 e. The molecular formula is C16H15NO4. The Kier molecular flexibility index (Phi) is 4.03. The summed E-state index contributed by atoms with van der Waals surface area (Å²) in [6, 6.07) is 8.27. The van der Waals surface area contributed by atoms with Gasteiger partial charge in [0.05, 0.1) is 4.92 Å². The molecule has 2 aromatic rings. The Morgan fingerprint density at radius 3 is 2.24 bits per heavy atom. The molecule has 0 aliphatic rings. The maximum atomic E-state index is 10.9. The molecule has 2 rings (SSSR count). The predicted molar refractivity (Wildman–Crippen MR) is 79.2 cm³/mol. The Hall–Kier alpha value is -2.69. The lowest BCUT2D eigenvalue weighted by Gasteiger charge is -2.12. The zero-order chi connectivity index (χ0) is 15.6. The van der Waals surface area contributed by atoms with E-state index >= 15 is 0 Å². The van der Waals surface area contributed by atoms with Gasteiger partial charge in [-0.05, 0) is 56.2 Å². The topological polar surface area (TPSA) is 69.4 Å². The van der Waals surface area contributed by atoms with Crippen molar-refractivity contribution in [3.05, 3.63) is 62.7 Å². The number of nitrogens with zero attached hydrogens (tertiary/aromatic N) is 1. The first kappa shape index (κ1) is 14.7. The molecule has 0 bridgehead atoms. The first-order valence-corrected chi connectivity index (χ1v) is 6.41. The standard InChI is InChI=1S/C16H15NO4/c1-10-8-16(12(3)7-14(10)17(19)20)21-15-5-4-13(9-18)6-11(15)2/h4-9H,1-3H3. The average molecular weight is 285 g/mol. The van der Waals surface area contributed by atoms with E-state index in [1.165, 1.54) is 6.07 Å². The fraction of sp³-hybridized carbons (Fsp3) is 0.188. The van der Waals surface area contributed by atoms with E-state index in [2.05, 4.69) is 0 Å². The quantitative estimate of drug-likeness (QED) is 0.481. The van der Waals surface area contributed by atoms with E-state index < -0.39 is 4.92 Å². The van der Waals surface area contributed by atoms with Crippen molar-refractivity contribution in [2.24, 2.45) is 0 Å². The van der Waals surface area contributed by atoms with Gasteiger partial charge in [-0.2, -0.15) is 0 Å². The van der Waals surface area contributed by atoms with Crippen LogP contribution in [0.25, 0.3) is 0 Å². The minimum atomic E-state index is -0.407. The lowest BCUT2D eigenvalue weighted by atomic mass is 10.1. The minimum Gasteiger partial charge on any atom is -0.457 e. The molecule has 0 fully saturated rings. The van der Waals surface area contributed by atoms with E-state index in [4.69, 9.17) is 4.74 Å². The molecular weight excluding hydrogens is 270 g/mol. The van der Waals surface area contributed by atoms with Crippen LogP contribution in [0.1, 0.15) is 27.0 Å². The predicted octanol–water partition coefficient (Wildman–Crippen LogP) is 4.12. The second-order valence-electron chi connectivity index (χ2n) is 4.91. The number of hydrogen-bond donors (Lipinski definition) is 0. The molecule has 0 radical (unpaired) electrons. The summed E-state index contributed by atoms with van der Waals surface area (Å²) in [6.45, 7) is 5.28. The monoisotopic (exact) mass is 285 g/mol. The highest BCUT2D eigenvalue weighted by atomic mass is 16.6. The molecule has 0 aliphatic heterocycles. The molecule has 5 nitrogen and oxygen atoms in total. The zero-order valence-electron chi connectivity index (χ0n) is 12.0. The van der Waals surface area contributed by atoms with E-state index in [-0.39, 0.29) is 5.69 Å². The number of aldehydes is 1. The van der Waals surface area contributed by atoms with Crippen molar-refractivity contribution in [1.82, 2.24) is 0 Å². The van der Waals surface area contributed by atoms with Crippen molar-refractivity contribution in [2.75, 3.05) is 0 Å². The van der Waals surface area contributed by atoms with Gasteiger partial charge in [0.1, 0.15) is 17.8 Å². The summed E-state index contributed by atoms with van der Waals surface area (Å²) in [4.78, 5) is 21.2. The number of nitro benzene ring substituents is 1. The fourth-order valence-electron chi connectivity index (χ4n) is 2.06. The van der Waals surface area contributed by atoms with E-state index in [9.17, 15) is 14.9 Å². The molecule has 0 heterocycles. The maximum Gasteiger partial charge on any atom is 0.272 e. The van der Waals surface area contributed by atoms with Gasteiger partial charge < -0.3 is 4.74 Å². The van der Waals surface area contributed by atoms with Gasteiger partial charge in [0.25, 0.3) is 5.69 Å². The van der Waals surface area contributed by atoms with Crippen LogP contribution in [-0.2, 0) is 0 Å². The number of benzene rings is 2. The highest BCUT2D eigenvalue weighted by Crippen LogP contribution is 2.32. The van der Waals surface area contributed by atoms with Crippen molar-refractivity contribution < 1.29 is 14.5 Å². The van der Waals surface area contributed by atoms with Crippen molar-refractivity contribution >= 4 is 12.0 Å². The summed E-state index contributed by atoms with van der Waals surface area (Å²) in [6.07, 6.45) is 0.776. The van der Waals surface area contributed by atoms with Crippen LogP contribution in [0.5, 0.6) is 11.5 Å². The first-order chi connectivity index (χ1) is 9.92. The summed E-state index contributed by atoms with van der Waals surface area (Å²) in [5.41, 5.74) is 2.72. The van der Waals surface area contributed by atoms with Crippen LogP contribution in [0.2, 0.25) is 0 Å². The normalized spacial score (nSPS) is 10.2. The van der Waals surface area contributed by atoms with E-state index in [0.29, 0.717) is 28.2 Å². The van der Waals surface area contributed by atoms with Gasteiger partial charge in [-0.15, -0.1) is 0 Å². The Labute approximate surface area is 122 Å². The average Bonchev–Trinajstić information content (AvgIpc) is 2.44. The summed E-state index contributed by atoms with van der Waals surface area (Å²) in [5.74, 6) is 1.19. The Morgan fingerprint density at radius 1 is 1.00 bits per heavy atom. The van der Waals surface area contributed by atoms with Crippen LogP contribution in [0.4, 0.5) is 5.69 Å². The lowest BCUT2D eigenvalue weighted by molar-refractivity contribution is -0.385. The van der Waals surface area contributed by atoms with Crippen LogP contribution in [0.15, 0.2) is 30.3 Å². The highest BCUT2D eigenvalue weighted by molar-refractivity contribution is 5.75. The Balaban J connectivity index is 2.38. The van der Waals surface area contributed by atoms with Crippen LogP contribution in [-0.4, -0.2) is 11.2 Å². The molecule has 0 aromatic heterocycles. The number of carbonyl (C=O) groups is 1. The van der Waals surface area contributed by atoms with E-state index in [0.717, 1.165) is 11.8 Å². The number of ether oxygens (including phenoxy) is 1. The van der Waals surface area contributed by atoms with Crippen LogP contribution in [0, 0.1) is 30.9 Å². The van der Waals surface area contributed by atoms with Gasteiger partial charge in [-0.25, -0.2) is 0 Å². The molecule has 0 atom stereocenters. The summed E-state index contributed by atoms with van der Waals surface area (Å²) in [5, 5.41) is 10.9. The lowest BCUT2D eigenvalue weighted by Crippen LogP contribution is -1.96. The molecule has 2 aromatic carbocycles. The third-order valence-electron chi connectivity index (χ3n) is 3.25. The Bertz CT molecular complexity index is 722. The Morgan fingerprint density at radius 2 is 1.67 bits per heavy atom. The number of nitro groups is 1. The number of hydrogen-bond acceptors (Lipinski definition) is 4. The summed E-state index contributed by atoms with van der Waals surface area (Å²) >= 11 is 0. The second-order valence-corrected chi connectivity index (χ2v) is 4.91. The molecule has 108 valence electrons. The molecule has 0 aliphatic carbocycles. The zero-order valence-corrected chi connectivity index (χ0v) is 12.0. The van der Waals surface area contributed by atoms with E-state index in [1.54, 1.807) is 38.1 Å². The number of rotatable bonds is 4. The molecule has 0 amide bonds. The van der Waals surface area contributed by atoms with Crippen LogP contribution in [0.3, 0.4) is 0 Å². The third kappa shape index (κ3) is 3.08. The number of carbonyl (C=O) groups excluding carboxylic acids is 1. The second kappa shape index (κ2) is 5.75. The van der Waals surface area contributed by atoms with Gasteiger partial charge in [0, 0.05) is 17.2 Å². The maximum absolute atomic E-state index is 10.9. The summed E-state index contributed by atoms with van der Waals surface area (Å²) in [7, 11) is 0. The molecule has 0 N–H and O–H groups in total. The van der Waals surface area contributed by atoms with Crippen molar-refractivity contribution in [3.63, 3.8) is 0 Å². The highest BCUT2D eigenvalue weighted by Gasteiger charge is 2.15. The summed E-state index contributed by atoms with van der Waals surface area (Å²) < 4.78 is 5.82. The molecule has 5 heteroatoms. The SMILES string of the molecule is Cc1cc(C=O)ccc1Oc1cc(C)c([N+](=O)[O-])cc1C. The largest absolute Gasteiger partial charge is 0.457 e. The molecule has 0 unspecified atom stereocenters. The molecule has 21 heavy (non-hydrogen) atoms. The van der Waals surface area contributed by atoms with E-state index in [1.807, 2.05) is 6.92 Å². The fourth-order valence-corrected chi connectivity index (χ4v) is 2.06. The van der Waals surface area contributed by atoms with Gasteiger partial charge >= 0.3 is 0 Å². The molecule has 0 spiro atoms. The van der Waals surface area contributed by atoms with Gasteiger partial charge in [0.2, 0.25) is 0 Å². The molecule has 0 saturated carbocycles.